The molecule has 1 fully saturated rings. The lowest BCUT2D eigenvalue weighted by Gasteiger charge is -2.40. The molecule has 5 rings (SSSR count). The summed E-state index contributed by atoms with van der Waals surface area (Å²) in [5.74, 6) is 0.302. The highest BCUT2D eigenvalue weighted by Gasteiger charge is 2.41. The third-order valence-corrected chi connectivity index (χ3v) is 7.17. The monoisotopic (exact) mass is 414 g/mol. The third-order valence-electron chi connectivity index (χ3n) is 5.82. The van der Waals surface area contributed by atoms with Gasteiger partial charge in [-0.2, -0.15) is 0 Å². The van der Waals surface area contributed by atoms with Gasteiger partial charge in [-0.15, -0.1) is 11.3 Å². The summed E-state index contributed by atoms with van der Waals surface area (Å²) in [5, 5.41) is 3.39. The molecule has 0 saturated carbocycles. The molecule has 0 atom stereocenters. The van der Waals surface area contributed by atoms with Gasteiger partial charge in [-0.1, -0.05) is 0 Å². The summed E-state index contributed by atoms with van der Waals surface area (Å²) in [6, 6.07) is 6.48. The molecule has 2 aliphatic heterocycles. The first-order valence-electron chi connectivity index (χ1n) is 9.92. The molecule has 0 bridgehead atoms. The molecule has 2 N–H and O–H groups in total. The van der Waals surface area contributed by atoms with Crippen LogP contribution in [0.25, 0.3) is 11.0 Å². The van der Waals surface area contributed by atoms with Gasteiger partial charge in [0.05, 0.1) is 29.1 Å². The standard InChI is InChI=1S/C21H23FN4O2S/c1-26(12-18-24-15-3-2-14(22)11-16(15)25-18)20(27)17-10-13-4-9-28-21(19(13)29-17)5-7-23-8-6-21/h2-3,10-11,23H,4-9,12H2,1H3,(H,24,25). The number of carbonyl (C=O) groups excluding carboxylic acids is 1. The number of piperidine rings is 1. The molecule has 4 heterocycles. The normalized spacial score (nSPS) is 18.1. The second kappa shape index (κ2) is 7.19. The highest BCUT2D eigenvalue weighted by atomic mass is 32.1. The van der Waals surface area contributed by atoms with Crippen LogP contribution in [0.15, 0.2) is 24.3 Å². The molecule has 1 amide bonds. The molecule has 29 heavy (non-hydrogen) atoms. The van der Waals surface area contributed by atoms with Crippen molar-refractivity contribution in [3.63, 3.8) is 0 Å². The number of halogens is 1. The van der Waals surface area contributed by atoms with Crippen molar-refractivity contribution in [3.05, 3.63) is 51.2 Å². The number of ether oxygens (including phenoxy) is 1. The van der Waals surface area contributed by atoms with Crippen LogP contribution < -0.4 is 5.32 Å². The number of nitrogens with zero attached hydrogens (tertiary/aromatic N) is 2. The van der Waals surface area contributed by atoms with Gasteiger partial charge < -0.3 is 19.9 Å². The first-order valence-corrected chi connectivity index (χ1v) is 10.7. The van der Waals surface area contributed by atoms with Crippen molar-refractivity contribution in [1.82, 2.24) is 20.2 Å². The fourth-order valence-electron chi connectivity index (χ4n) is 4.32. The average molecular weight is 415 g/mol. The minimum Gasteiger partial charge on any atom is -0.369 e. The van der Waals surface area contributed by atoms with E-state index >= 15 is 0 Å². The lowest BCUT2D eigenvalue weighted by molar-refractivity contribution is -0.0771. The number of nitrogens with one attached hydrogen (secondary N) is 2. The summed E-state index contributed by atoms with van der Waals surface area (Å²) in [7, 11) is 1.77. The molecule has 152 valence electrons. The fourth-order valence-corrected chi connectivity index (χ4v) is 5.73. The van der Waals surface area contributed by atoms with Crippen LogP contribution >= 0.6 is 11.3 Å². The topological polar surface area (TPSA) is 70.2 Å². The number of hydrogen-bond acceptors (Lipinski definition) is 5. The number of aromatic amines is 1. The molecule has 3 aromatic rings. The molecule has 1 spiro atoms. The summed E-state index contributed by atoms with van der Waals surface area (Å²) >= 11 is 1.57. The summed E-state index contributed by atoms with van der Waals surface area (Å²) in [4.78, 5) is 24.3. The van der Waals surface area contributed by atoms with Gasteiger partial charge in [0.15, 0.2) is 0 Å². The molecule has 2 aliphatic rings. The van der Waals surface area contributed by atoms with Crippen LogP contribution in [0.4, 0.5) is 4.39 Å². The highest BCUT2D eigenvalue weighted by Crippen LogP contribution is 2.44. The van der Waals surface area contributed by atoms with Gasteiger partial charge in [0, 0.05) is 11.9 Å². The maximum Gasteiger partial charge on any atom is 0.264 e. The molecule has 6 nitrogen and oxygen atoms in total. The SMILES string of the molecule is CN(Cc1nc2ccc(F)cc2[nH]1)C(=O)c1cc2c(s1)C1(CCNCC1)OCC2. The van der Waals surface area contributed by atoms with Crippen LogP contribution in [0.5, 0.6) is 0 Å². The second-order valence-electron chi connectivity index (χ2n) is 7.81. The fraction of sp³-hybridized carbons (Fsp3) is 0.429. The number of thiophene rings is 1. The number of H-pyrrole nitrogens is 1. The van der Waals surface area contributed by atoms with E-state index in [-0.39, 0.29) is 17.3 Å². The van der Waals surface area contributed by atoms with Crippen LogP contribution in [0.1, 0.15) is 38.8 Å². The first-order chi connectivity index (χ1) is 14.0. The average Bonchev–Trinajstić information content (AvgIpc) is 3.32. The lowest BCUT2D eigenvalue weighted by atomic mass is 9.86. The van der Waals surface area contributed by atoms with Crippen LogP contribution in [0.3, 0.4) is 0 Å². The Morgan fingerprint density at radius 2 is 2.17 bits per heavy atom. The van der Waals surface area contributed by atoms with E-state index in [2.05, 4.69) is 15.3 Å². The molecule has 1 saturated heterocycles. The molecule has 2 aromatic heterocycles. The molecular formula is C21H23FN4O2S. The van der Waals surface area contributed by atoms with Gasteiger partial charge in [-0.05, 0) is 62.2 Å². The van der Waals surface area contributed by atoms with E-state index in [0.29, 0.717) is 30.0 Å². The second-order valence-corrected chi connectivity index (χ2v) is 8.87. The Morgan fingerprint density at radius 1 is 1.34 bits per heavy atom. The zero-order valence-electron chi connectivity index (χ0n) is 16.3. The lowest BCUT2D eigenvalue weighted by Crippen LogP contribution is -2.43. The number of rotatable bonds is 3. The van der Waals surface area contributed by atoms with Crippen LogP contribution in [-0.2, 0) is 23.3 Å². The molecule has 0 radical (unpaired) electrons. The number of amides is 1. The summed E-state index contributed by atoms with van der Waals surface area (Å²) in [6.45, 7) is 2.92. The van der Waals surface area contributed by atoms with Gasteiger partial charge in [-0.25, -0.2) is 9.37 Å². The zero-order valence-corrected chi connectivity index (χ0v) is 17.1. The molecular weight excluding hydrogens is 391 g/mol. The third kappa shape index (κ3) is 3.35. The smallest absolute Gasteiger partial charge is 0.264 e. The van der Waals surface area contributed by atoms with E-state index in [0.717, 1.165) is 37.2 Å². The largest absolute Gasteiger partial charge is 0.369 e. The number of carbonyl (C=O) groups is 1. The van der Waals surface area contributed by atoms with E-state index < -0.39 is 0 Å². The quantitative estimate of drug-likeness (QED) is 0.691. The molecule has 0 unspecified atom stereocenters. The van der Waals surface area contributed by atoms with Gasteiger partial charge in [-0.3, -0.25) is 4.79 Å². The minimum atomic E-state index is -0.310. The van der Waals surface area contributed by atoms with Crippen LogP contribution in [-0.4, -0.2) is 47.5 Å². The summed E-state index contributed by atoms with van der Waals surface area (Å²) in [5.41, 5.74) is 2.35. The number of fused-ring (bicyclic) bond motifs is 3. The first kappa shape index (κ1) is 18.7. The van der Waals surface area contributed by atoms with E-state index in [1.165, 1.54) is 22.6 Å². The van der Waals surface area contributed by atoms with Crippen molar-refractivity contribution in [2.75, 3.05) is 26.7 Å². The van der Waals surface area contributed by atoms with E-state index in [9.17, 15) is 9.18 Å². The van der Waals surface area contributed by atoms with Crippen molar-refractivity contribution in [2.24, 2.45) is 0 Å². The molecule has 1 aromatic carbocycles. The summed E-state index contributed by atoms with van der Waals surface area (Å²) < 4.78 is 19.6. The molecule has 0 aliphatic carbocycles. The Hall–Kier alpha value is -2.29. The highest BCUT2D eigenvalue weighted by molar-refractivity contribution is 7.14. The van der Waals surface area contributed by atoms with Crippen molar-refractivity contribution in [1.29, 1.82) is 0 Å². The van der Waals surface area contributed by atoms with Crippen LogP contribution in [0, 0.1) is 5.82 Å². The molecule has 8 heteroatoms. The Balaban J connectivity index is 1.37. The number of imidazole rings is 1. The van der Waals surface area contributed by atoms with Crippen molar-refractivity contribution < 1.29 is 13.9 Å². The van der Waals surface area contributed by atoms with Crippen molar-refractivity contribution in [3.8, 4) is 0 Å². The van der Waals surface area contributed by atoms with Gasteiger partial charge in [0.25, 0.3) is 5.91 Å². The Bertz CT molecular complexity index is 1070. The predicted octanol–water partition coefficient (Wildman–Crippen LogP) is 3.19. The Labute approximate surface area is 172 Å². The number of aromatic nitrogens is 2. The van der Waals surface area contributed by atoms with Crippen LogP contribution in [0.2, 0.25) is 0 Å². The predicted molar refractivity (Wildman–Crippen MR) is 110 cm³/mol. The zero-order chi connectivity index (χ0) is 20.0. The van der Waals surface area contributed by atoms with Crippen molar-refractivity contribution >= 4 is 28.3 Å². The minimum absolute atomic E-state index is 0.0277. The summed E-state index contributed by atoms with van der Waals surface area (Å²) in [6.07, 6.45) is 2.74. The maximum atomic E-state index is 13.4. The Kier molecular flexibility index (Phi) is 4.64. The maximum absolute atomic E-state index is 13.4. The van der Waals surface area contributed by atoms with Gasteiger partial charge >= 0.3 is 0 Å². The van der Waals surface area contributed by atoms with Crippen molar-refractivity contribution in [2.45, 2.75) is 31.4 Å². The van der Waals surface area contributed by atoms with Gasteiger partial charge in [0.1, 0.15) is 17.2 Å². The van der Waals surface area contributed by atoms with E-state index in [1.807, 2.05) is 6.07 Å². The van der Waals surface area contributed by atoms with E-state index in [1.54, 1.807) is 29.4 Å². The Morgan fingerprint density at radius 3 is 3.00 bits per heavy atom. The number of hydrogen-bond donors (Lipinski definition) is 2. The van der Waals surface area contributed by atoms with E-state index in [4.69, 9.17) is 4.74 Å². The number of benzene rings is 1. The van der Waals surface area contributed by atoms with Gasteiger partial charge in [0.2, 0.25) is 0 Å².